The van der Waals surface area contributed by atoms with Crippen molar-refractivity contribution in [1.29, 1.82) is 0 Å². The molecule has 2 aromatic carbocycles. The van der Waals surface area contributed by atoms with Gasteiger partial charge in [-0.05, 0) is 75.6 Å². The molecule has 4 heterocycles. The number of aromatic nitrogens is 4. The van der Waals surface area contributed by atoms with E-state index in [0.29, 0.717) is 32.9 Å². The summed E-state index contributed by atoms with van der Waals surface area (Å²) in [6.07, 6.45) is 1.46. The number of aliphatic hydroxyl groups is 1. The first-order chi connectivity index (χ1) is 50.6. The first-order valence-electron chi connectivity index (χ1n) is 34.4. The second kappa shape index (κ2) is 40.6. The summed E-state index contributed by atoms with van der Waals surface area (Å²) in [5.74, 6) is -18.6. The summed E-state index contributed by atoms with van der Waals surface area (Å²) in [5, 5.41) is 64.0. The molecule has 38 heteroatoms. The maximum atomic E-state index is 15.0. The maximum absolute atomic E-state index is 15.0. The lowest BCUT2D eigenvalue weighted by molar-refractivity contribution is -0.145. The average Bonchev–Trinajstić information content (AvgIpc) is 1.53. The zero-order valence-corrected chi connectivity index (χ0v) is 61.9. The summed E-state index contributed by atoms with van der Waals surface area (Å²) in [6, 6.07) is -5.46. The Kier molecular flexibility index (Phi) is 32.2. The van der Waals surface area contributed by atoms with Crippen LogP contribution in [0.25, 0.3) is 21.8 Å². The monoisotopic (exact) mass is 1530 g/mol. The van der Waals surface area contributed by atoms with Gasteiger partial charge in [0.15, 0.2) is 6.04 Å². The Morgan fingerprint density at radius 2 is 1.10 bits per heavy atom. The highest BCUT2D eigenvalue weighted by atomic mass is 33.1. The number of aromatic amines is 3. The van der Waals surface area contributed by atoms with E-state index in [1.807, 2.05) is 0 Å². The normalized spacial score (nSPS) is 23.1. The van der Waals surface area contributed by atoms with E-state index >= 15 is 4.79 Å². The standard InChI is InChI=1S/C69H93N17O19S2/c1-32(2)20-47-65(100)85-56(33(3)4)68(103)82-50(23-40-26-72-45-17-13-11-15-43(40)45)64(99)84-53(67(102)86-57(37(8)88)69(104)105)30-107-106-29-52(83-62(97)48(21-34(5)87)77-38(9)89)66(101)76-36(7)59(94)79-49(22-39-25-71-44-16-12-10-14-42(39)44)63(98)81-51(24-41-27-70-31-74-41)61(96)75-35(6)58(93)73-28-54(90)78-46(60(95)80-47)18-19-55(91)92/h10-17,25-27,31-33,35-37,46-53,56-57,71-72,88H,18-24,28-30H2,1-9H3,(H,70,74)(H,73,93)(H,75,96)(H,76,101)(H,77,89)(H,78,90)(H,79,94)(H,80,95)(H,81,98)(H,82,103)(H,83,97)(H,84,99)(H,85,100)(H,86,102)(H,91,92)(H,104,105)/t35-,36-,37+,46-,47-,48-,49-,50-,51-,52-,53-,56-,57-/m0/s1. The number of amides is 13. The molecule has 580 valence electrons. The minimum absolute atomic E-state index is 0.0946. The number of hydrogen-bond acceptors (Lipinski definition) is 20. The molecule has 0 unspecified atom stereocenters. The minimum atomic E-state index is -1.95. The molecule has 1 saturated heterocycles. The van der Waals surface area contributed by atoms with Gasteiger partial charge >= 0.3 is 11.9 Å². The summed E-state index contributed by atoms with van der Waals surface area (Å²) in [5.41, 5.74) is 2.47. The number of imidazole rings is 1. The Labute approximate surface area is 622 Å². The number of carboxylic acids is 2. The molecule has 0 radical (unpaired) electrons. The van der Waals surface area contributed by atoms with E-state index in [9.17, 15) is 87.2 Å². The van der Waals surface area contributed by atoms with Gasteiger partial charge in [0.05, 0.1) is 24.7 Å². The van der Waals surface area contributed by atoms with Crippen LogP contribution in [-0.2, 0) is 96.0 Å². The summed E-state index contributed by atoms with van der Waals surface area (Å²) >= 11 is 0. The van der Waals surface area contributed by atoms with Crippen molar-refractivity contribution < 1.29 is 92.0 Å². The van der Waals surface area contributed by atoms with Crippen LogP contribution in [0.5, 0.6) is 0 Å². The van der Waals surface area contributed by atoms with Crippen LogP contribution in [0.3, 0.4) is 0 Å². The molecular weight excluding hydrogens is 1430 g/mol. The molecular formula is C69H93N17O19S2. The number of nitrogens with zero attached hydrogens (tertiary/aromatic N) is 1. The molecule has 107 heavy (non-hydrogen) atoms. The van der Waals surface area contributed by atoms with Gasteiger partial charge in [-0.2, -0.15) is 0 Å². The third-order valence-electron chi connectivity index (χ3n) is 16.9. The highest BCUT2D eigenvalue weighted by molar-refractivity contribution is 8.76. The molecule has 13 amide bonds. The van der Waals surface area contributed by atoms with Crippen LogP contribution in [-0.4, -0.2) is 226 Å². The topological polar surface area (TPSA) is 550 Å². The van der Waals surface area contributed by atoms with Crippen molar-refractivity contribution in [1.82, 2.24) is 89.1 Å². The number of nitrogens with one attached hydrogen (secondary N) is 16. The largest absolute Gasteiger partial charge is 0.481 e. The Balaban J connectivity index is 1.43. The zero-order valence-electron chi connectivity index (χ0n) is 60.3. The lowest BCUT2D eigenvalue weighted by Crippen LogP contribution is -2.61. The number of fused-ring (bicyclic) bond motifs is 2. The molecule has 13 atom stereocenters. The fourth-order valence-corrected chi connectivity index (χ4v) is 13.6. The van der Waals surface area contributed by atoms with Gasteiger partial charge in [0.1, 0.15) is 72.2 Å². The Morgan fingerprint density at radius 1 is 0.579 bits per heavy atom. The Morgan fingerprint density at radius 3 is 1.65 bits per heavy atom. The van der Waals surface area contributed by atoms with Crippen molar-refractivity contribution in [3.8, 4) is 0 Å². The first kappa shape index (κ1) is 85.0. The molecule has 0 bridgehead atoms. The molecule has 5 aromatic rings. The van der Waals surface area contributed by atoms with Crippen LogP contribution in [0.4, 0.5) is 0 Å². The average molecular weight is 1530 g/mol. The molecule has 1 aliphatic heterocycles. The lowest BCUT2D eigenvalue weighted by atomic mass is 9.98. The fraction of sp³-hybridized carbons (Fsp3) is 0.493. The maximum Gasteiger partial charge on any atom is 0.328 e. The van der Waals surface area contributed by atoms with Crippen molar-refractivity contribution >= 4 is 138 Å². The van der Waals surface area contributed by atoms with Gasteiger partial charge in [-0.1, -0.05) is 85.7 Å². The molecule has 0 spiro atoms. The number of hydrogen-bond donors (Lipinski definition) is 19. The number of para-hydroxylation sites is 2. The first-order valence-corrected chi connectivity index (χ1v) is 36.9. The quantitative estimate of drug-likeness (QED) is 0.0347. The summed E-state index contributed by atoms with van der Waals surface area (Å²) in [4.78, 5) is 235. The van der Waals surface area contributed by atoms with Gasteiger partial charge in [0.25, 0.3) is 0 Å². The number of aliphatic carboxylic acids is 2. The number of H-pyrrole nitrogens is 3. The molecule has 6 rings (SSSR count). The van der Waals surface area contributed by atoms with Crippen molar-refractivity contribution in [3.05, 3.63) is 90.3 Å². The van der Waals surface area contributed by atoms with E-state index in [1.165, 1.54) is 26.4 Å². The molecule has 1 fully saturated rings. The van der Waals surface area contributed by atoms with Crippen molar-refractivity contribution in [3.63, 3.8) is 0 Å². The van der Waals surface area contributed by atoms with Crippen LogP contribution in [0.2, 0.25) is 0 Å². The number of ketones is 1. The van der Waals surface area contributed by atoms with E-state index in [0.717, 1.165) is 42.4 Å². The lowest BCUT2D eigenvalue weighted by Gasteiger charge is -2.29. The highest BCUT2D eigenvalue weighted by Crippen LogP contribution is 2.26. The third-order valence-corrected chi connectivity index (χ3v) is 19.4. The molecule has 1 aliphatic rings. The molecule has 0 aliphatic carbocycles. The Hall–Kier alpha value is -10.9. The minimum Gasteiger partial charge on any atom is -0.481 e. The van der Waals surface area contributed by atoms with Gasteiger partial charge in [-0.25, -0.2) is 9.78 Å². The fourth-order valence-electron chi connectivity index (χ4n) is 11.3. The van der Waals surface area contributed by atoms with Crippen molar-refractivity contribution in [2.75, 3.05) is 18.1 Å². The molecule has 0 saturated carbocycles. The predicted molar refractivity (Wildman–Crippen MR) is 390 cm³/mol. The molecule has 36 nitrogen and oxygen atoms in total. The van der Waals surface area contributed by atoms with E-state index in [-0.39, 0.29) is 37.3 Å². The van der Waals surface area contributed by atoms with Crippen LogP contribution in [0.15, 0.2) is 73.4 Å². The number of aliphatic hydroxyl groups excluding tert-OH is 1. The summed E-state index contributed by atoms with van der Waals surface area (Å²) in [7, 11) is 1.57. The van der Waals surface area contributed by atoms with Gasteiger partial charge in [0.2, 0.25) is 76.8 Å². The van der Waals surface area contributed by atoms with E-state index < -0.39 is 216 Å². The smallest absolute Gasteiger partial charge is 0.328 e. The van der Waals surface area contributed by atoms with E-state index in [2.05, 4.69) is 89.1 Å². The number of Topliss-reactive ketones (excluding diaryl/α,β-unsaturated/α-hetero) is 1. The van der Waals surface area contributed by atoms with Gasteiger partial charge in [-0.15, -0.1) is 0 Å². The molecule has 19 N–H and O–H groups in total. The van der Waals surface area contributed by atoms with E-state index in [4.69, 9.17) is 0 Å². The van der Waals surface area contributed by atoms with Crippen LogP contribution in [0, 0.1) is 11.8 Å². The zero-order chi connectivity index (χ0) is 78.9. The van der Waals surface area contributed by atoms with Crippen LogP contribution in [0.1, 0.15) is 105 Å². The van der Waals surface area contributed by atoms with Crippen LogP contribution < -0.4 is 69.1 Å². The van der Waals surface area contributed by atoms with Crippen LogP contribution >= 0.6 is 21.6 Å². The highest BCUT2D eigenvalue weighted by Gasteiger charge is 2.38. The van der Waals surface area contributed by atoms with Gasteiger partial charge in [0, 0.05) is 90.9 Å². The van der Waals surface area contributed by atoms with Crippen molar-refractivity contribution in [2.45, 2.75) is 186 Å². The second-order valence-corrected chi connectivity index (χ2v) is 29.2. The molecule has 3 aromatic heterocycles. The number of rotatable bonds is 21. The number of benzene rings is 2. The summed E-state index contributed by atoms with van der Waals surface area (Å²) < 4.78 is 0. The van der Waals surface area contributed by atoms with E-state index in [1.54, 1.807) is 88.6 Å². The number of carboxylic acid groups (broad SMARTS) is 2. The van der Waals surface area contributed by atoms with Gasteiger partial charge in [-0.3, -0.25) is 71.9 Å². The number of carbonyl (C=O) groups excluding carboxylic acids is 14. The summed E-state index contributed by atoms with van der Waals surface area (Å²) in [6.45, 7) is 11.5. The number of carbonyl (C=O) groups is 16. The second-order valence-electron chi connectivity index (χ2n) is 26.6. The SMILES string of the molecule is CC(=O)C[C@H](NC(C)=O)C(=O)N[C@H]1CSSC[C@@H](C(=O)N[C@H](C(=O)O)[C@@H](C)O)NC(=O)[C@H](Cc2c[nH]c3ccccc23)NC(=O)[C@H](C(C)C)NC(=O)[C@H](CC(C)C)NC(=O)[C@H](CCC(=O)O)NC(=O)CNC(=O)[C@H](C)NC(=O)[C@H](Cc2c[nH]cn2)NC(=O)[C@H](Cc2c[nH]c3ccccc23)NC(=O)[C@H](C)NC1=O. The van der Waals surface area contributed by atoms with Crippen molar-refractivity contribution in [2.24, 2.45) is 11.8 Å². The van der Waals surface area contributed by atoms with Gasteiger partial charge < -0.3 is 99.4 Å². The third kappa shape index (κ3) is 26.3. The predicted octanol–water partition coefficient (Wildman–Crippen LogP) is -2.20. The Bertz CT molecular complexity index is 4040.